The first-order valence-electron chi connectivity index (χ1n) is 10.2. The number of hydrogen-bond acceptors (Lipinski definition) is 5. The summed E-state index contributed by atoms with van der Waals surface area (Å²) in [6.45, 7) is 5.43. The van der Waals surface area contributed by atoms with Crippen LogP contribution in [0.15, 0.2) is 36.4 Å². The highest BCUT2D eigenvalue weighted by atomic mass is 19.4. The van der Waals surface area contributed by atoms with E-state index in [0.717, 1.165) is 15.5 Å². The minimum absolute atomic E-state index is 0.277. The van der Waals surface area contributed by atoms with E-state index in [9.17, 15) is 22.8 Å². The molecule has 0 aliphatic carbocycles. The fraction of sp³-hybridized carbons (Fsp3) is 0.364. The minimum atomic E-state index is -4.53. The van der Waals surface area contributed by atoms with Gasteiger partial charge in [-0.1, -0.05) is 6.58 Å². The van der Waals surface area contributed by atoms with E-state index >= 15 is 0 Å². The molecule has 2 aromatic heterocycles. The fourth-order valence-electron chi connectivity index (χ4n) is 3.51. The van der Waals surface area contributed by atoms with Crippen LogP contribution in [0.5, 0.6) is 0 Å². The van der Waals surface area contributed by atoms with Crippen molar-refractivity contribution in [2.75, 3.05) is 18.0 Å². The van der Waals surface area contributed by atoms with E-state index < -0.39 is 37.0 Å². The molecule has 0 spiro atoms. The Morgan fingerprint density at radius 1 is 1.45 bits per heavy atom. The van der Waals surface area contributed by atoms with Crippen LogP contribution in [0.3, 0.4) is 0 Å². The molecule has 0 fully saturated rings. The summed E-state index contributed by atoms with van der Waals surface area (Å²) in [7, 11) is 0. The summed E-state index contributed by atoms with van der Waals surface area (Å²) in [6.07, 6.45) is 2.02. The van der Waals surface area contributed by atoms with Crippen molar-refractivity contribution in [3.63, 3.8) is 0 Å². The van der Waals surface area contributed by atoms with Gasteiger partial charge in [0.25, 0.3) is 0 Å². The SMILES string of the molecule is C=c1cn[nH]/c1=C/C=C(\C)OC(C)CC1C(=O)N(CC(=O)NCC(F)(F)F)c2cccnc21. The zero-order chi connectivity index (χ0) is 24.2. The van der Waals surface area contributed by atoms with Gasteiger partial charge >= 0.3 is 6.18 Å². The number of alkyl halides is 3. The average Bonchev–Trinajstić information content (AvgIpc) is 3.26. The van der Waals surface area contributed by atoms with Crippen molar-refractivity contribution < 1.29 is 27.5 Å². The molecule has 8 nitrogen and oxygen atoms in total. The Balaban J connectivity index is 1.68. The second-order valence-corrected chi connectivity index (χ2v) is 7.69. The molecule has 2 amide bonds. The highest BCUT2D eigenvalue weighted by Crippen LogP contribution is 2.38. The second-order valence-electron chi connectivity index (χ2n) is 7.69. The summed E-state index contributed by atoms with van der Waals surface area (Å²) in [5, 5.41) is 9.97. The Labute approximate surface area is 187 Å². The molecular formula is C22H24F3N5O3. The van der Waals surface area contributed by atoms with Crippen LogP contribution in [-0.4, -0.2) is 52.4 Å². The second kappa shape index (κ2) is 9.88. The first kappa shape index (κ1) is 24.0. The molecule has 3 heterocycles. The summed E-state index contributed by atoms with van der Waals surface area (Å²) >= 11 is 0. The number of carbonyl (C=O) groups is 2. The number of ether oxygens (including phenoxy) is 1. The van der Waals surface area contributed by atoms with Gasteiger partial charge in [-0.2, -0.15) is 18.3 Å². The molecule has 1 aliphatic rings. The summed E-state index contributed by atoms with van der Waals surface area (Å²) in [4.78, 5) is 30.5. The van der Waals surface area contributed by atoms with Gasteiger partial charge in [0.2, 0.25) is 11.8 Å². The average molecular weight is 463 g/mol. The largest absolute Gasteiger partial charge is 0.495 e. The zero-order valence-corrected chi connectivity index (χ0v) is 18.1. The normalized spacial score (nSPS) is 17.8. The van der Waals surface area contributed by atoms with Gasteiger partial charge in [-0.05, 0) is 38.1 Å². The van der Waals surface area contributed by atoms with Crippen molar-refractivity contribution in [2.45, 2.75) is 38.5 Å². The maximum Gasteiger partial charge on any atom is 0.405 e. The van der Waals surface area contributed by atoms with Crippen LogP contribution >= 0.6 is 0 Å². The molecule has 0 saturated heterocycles. The Morgan fingerprint density at radius 2 is 2.21 bits per heavy atom. The molecule has 0 radical (unpaired) electrons. The first-order valence-corrected chi connectivity index (χ1v) is 10.2. The first-order chi connectivity index (χ1) is 15.5. The molecule has 2 unspecified atom stereocenters. The molecule has 2 atom stereocenters. The van der Waals surface area contributed by atoms with Crippen molar-refractivity contribution in [3.05, 3.63) is 52.6 Å². The van der Waals surface area contributed by atoms with Crippen molar-refractivity contribution in [3.8, 4) is 0 Å². The van der Waals surface area contributed by atoms with Crippen molar-refractivity contribution in [1.82, 2.24) is 20.5 Å². The molecule has 0 aromatic carbocycles. The number of nitrogens with zero attached hydrogens (tertiary/aromatic N) is 3. The van der Waals surface area contributed by atoms with E-state index in [1.807, 2.05) is 0 Å². The van der Waals surface area contributed by atoms with Crippen LogP contribution in [0.1, 0.15) is 31.9 Å². The van der Waals surface area contributed by atoms with E-state index in [2.05, 4.69) is 21.8 Å². The summed E-state index contributed by atoms with van der Waals surface area (Å²) in [5.74, 6) is -1.39. The van der Waals surface area contributed by atoms with Gasteiger partial charge in [-0.15, -0.1) is 0 Å². The summed E-state index contributed by atoms with van der Waals surface area (Å²) < 4.78 is 43.0. The standard InChI is InChI=1S/C22H24F3N5O3/c1-13-10-28-29-17(13)7-6-14(2)33-15(3)9-16-20-18(5-4-8-26-20)30(21(16)32)11-19(31)27-12-22(23,24)25/h4-8,10,15-16,29H,1,9,11-12H2,2-3H3,(H,27,31)/b14-6+,17-7+. The quantitative estimate of drug-likeness (QED) is 0.578. The number of pyridine rings is 1. The smallest absolute Gasteiger partial charge is 0.405 e. The number of aromatic amines is 1. The monoisotopic (exact) mass is 463 g/mol. The van der Waals surface area contributed by atoms with Crippen LogP contribution in [0.4, 0.5) is 18.9 Å². The highest BCUT2D eigenvalue weighted by molar-refractivity contribution is 6.07. The van der Waals surface area contributed by atoms with E-state index in [0.29, 0.717) is 17.1 Å². The Hall–Kier alpha value is -3.63. The molecule has 2 N–H and O–H groups in total. The number of amides is 2. The molecule has 33 heavy (non-hydrogen) atoms. The fourth-order valence-corrected chi connectivity index (χ4v) is 3.51. The maximum absolute atomic E-state index is 13.0. The highest BCUT2D eigenvalue weighted by Gasteiger charge is 2.40. The van der Waals surface area contributed by atoms with Gasteiger partial charge in [0.05, 0.1) is 40.7 Å². The van der Waals surface area contributed by atoms with Gasteiger partial charge in [0.15, 0.2) is 0 Å². The predicted octanol–water partition coefficient (Wildman–Crippen LogP) is 1.50. The molecule has 0 bridgehead atoms. The minimum Gasteiger partial charge on any atom is -0.495 e. The van der Waals surface area contributed by atoms with Gasteiger partial charge in [-0.3, -0.25) is 19.7 Å². The van der Waals surface area contributed by atoms with E-state index in [4.69, 9.17) is 4.74 Å². The van der Waals surface area contributed by atoms with Crippen LogP contribution in [0, 0.1) is 0 Å². The van der Waals surface area contributed by atoms with Crippen LogP contribution in [-0.2, 0) is 14.3 Å². The molecule has 11 heteroatoms. The lowest BCUT2D eigenvalue weighted by atomic mass is 9.99. The Morgan fingerprint density at radius 3 is 2.88 bits per heavy atom. The topological polar surface area (TPSA) is 100 Å². The van der Waals surface area contributed by atoms with E-state index in [1.54, 1.807) is 49.6 Å². The number of allylic oxidation sites excluding steroid dienone is 2. The Kier molecular flexibility index (Phi) is 7.19. The van der Waals surface area contributed by atoms with Gasteiger partial charge in [0, 0.05) is 17.8 Å². The van der Waals surface area contributed by atoms with Crippen molar-refractivity contribution >= 4 is 30.2 Å². The van der Waals surface area contributed by atoms with Gasteiger partial charge in [0.1, 0.15) is 13.1 Å². The number of fused-ring (bicyclic) bond motifs is 1. The van der Waals surface area contributed by atoms with Crippen molar-refractivity contribution in [1.29, 1.82) is 0 Å². The molecule has 1 aliphatic heterocycles. The number of anilines is 1. The summed E-state index contributed by atoms with van der Waals surface area (Å²) in [5.41, 5.74) is 0.874. The number of halogens is 3. The third kappa shape index (κ3) is 6.21. The molecule has 3 rings (SSSR count). The van der Waals surface area contributed by atoms with Gasteiger partial charge in [-0.25, -0.2) is 0 Å². The zero-order valence-electron chi connectivity index (χ0n) is 18.1. The number of carbonyl (C=O) groups excluding carboxylic acids is 2. The van der Waals surface area contributed by atoms with Crippen LogP contribution in [0.25, 0.3) is 12.7 Å². The molecular weight excluding hydrogens is 439 g/mol. The number of hydrogen-bond donors (Lipinski definition) is 2. The molecule has 176 valence electrons. The van der Waals surface area contributed by atoms with Crippen LogP contribution in [0.2, 0.25) is 0 Å². The van der Waals surface area contributed by atoms with Gasteiger partial charge < -0.3 is 15.0 Å². The van der Waals surface area contributed by atoms with Crippen molar-refractivity contribution in [2.24, 2.45) is 0 Å². The lowest BCUT2D eigenvalue weighted by Crippen LogP contribution is -2.42. The third-order valence-corrected chi connectivity index (χ3v) is 4.98. The Bertz CT molecular complexity index is 1160. The summed E-state index contributed by atoms with van der Waals surface area (Å²) in [6, 6.07) is 3.22. The van der Waals surface area contributed by atoms with E-state index in [-0.39, 0.29) is 12.5 Å². The number of nitrogens with one attached hydrogen (secondary N) is 2. The lowest BCUT2D eigenvalue weighted by molar-refractivity contribution is -0.138. The predicted molar refractivity (Wildman–Crippen MR) is 115 cm³/mol. The molecule has 0 saturated carbocycles. The maximum atomic E-state index is 13.0. The third-order valence-electron chi connectivity index (χ3n) is 4.98. The number of aromatic nitrogens is 3. The van der Waals surface area contributed by atoms with Crippen LogP contribution < -0.4 is 20.8 Å². The lowest BCUT2D eigenvalue weighted by Gasteiger charge is -2.20. The number of rotatable bonds is 8. The molecule has 2 aromatic rings. The van der Waals surface area contributed by atoms with E-state index in [1.165, 1.54) is 6.20 Å². The number of H-pyrrole nitrogens is 1.